The number of aromatic nitrogens is 2. The molecule has 0 N–H and O–H groups in total. The summed E-state index contributed by atoms with van der Waals surface area (Å²) in [7, 11) is 0. The van der Waals surface area contributed by atoms with E-state index in [0.29, 0.717) is 28.2 Å². The predicted octanol–water partition coefficient (Wildman–Crippen LogP) is 3.54. The number of hydrogen-bond acceptors (Lipinski definition) is 6. The van der Waals surface area contributed by atoms with Crippen LogP contribution in [0.2, 0.25) is 0 Å². The summed E-state index contributed by atoms with van der Waals surface area (Å²) in [5.41, 5.74) is 1.88. The van der Waals surface area contributed by atoms with E-state index in [0.717, 1.165) is 5.56 Å². The van der Waals surface area contributed by atoms with Gasteiger partial charge in [-0.1, -0.05) is 22.9 Å². The van der Waals surface area contributed by atoms with Crippen LogP contribution in [-0.2, 0) is 0 Å². The number of benzene rings is 1. The van der Waals surface area contributed by atoms with Gasteiger partial charge in [-0.3, -0.25) is 19.5 Å². The molecule has 0 saturated carbocycles. The Morgan fingerprint density at radius 3 is 2.64 bits per heavy atom. The largest absolute Gasteiger partial charge is 0.450 e. The molecule has 1 amide bonds. The number of rotatable bonds is 2. The van der Waals surface area contributed by atoms with Gasteiger partial charge in [0.2, 0.25) is 5.76 Å². The molecule has 0 spiro atoms. The van der Waals surface area contributed by atoms with E-state index in [1.54, 1.807) is 43.5 Å². The van der Waals surface area contributed by atoms with Gasteiger partial charge in [0.1, 0.15) is 17.4 Å². The van der Waals surface area contributed by atoms with E-state index in [1.165, 1.54) is 4.90 Å². The summed E-state index contributed by atoms with van der Waals surface area (Å²) in [4.78, 5) is 32.4. The normalized spacial score (nSPS) is 16.0. The molecular weight excluding hydrogens is 358 g/mol. The second-order valence-corrected chi connectivity index (χ2v) is 6.80. The van der Waals surface area contributed by atoms with E-state index in [4.69, 9.17) is 8.94 Å². The fourth-order valence-corrected chi connectivity index (χ4v) is 3.61. The summed E-state index contributed by atoms with van der Waals surface area (Å²) in [6.45, 7) is 3.64. The van der Waals surface area contributed by atoms with Crippen LogP contribution in [0.25, 0.3) is 11.0 Å². The summed E-state index contributed by atoms with van der Waals surface area (Å²) in [6.07, 6.45) is 1.62. The summed E-state index contributed by atoms with van der Waals surface area (Å²) in [5, 5.41) is 4.41. The van der Waals surface area contributed by atoms with Crippen molar-refractivity contribution in [2.75, 3.05) is 4.90 Å². The molecule has 1 aromatic carbocycles. The van der Waals surface area contributed by atoms with Gasteiger partial charge < -0.3 is 8.94 Å². The molecule has 4 aromatic rings. The van der Waals surface area contributed by atoms with E-state index in [1.807, 2.05) is 19.1 Å². The molecule has 0 aliphatic carbocycles. The smallest absolute Gasteiger partial charge is 0.296 e. The Hall–Kier alpha value is -3.74. The van der Waals surface area contributed by atoms with Crippen LogP contribution in [0.4, 0.5) is 5.82 Å². The number of anilines is 1. The minimum Gasteiger partial charge on any atom is -0.450 e. The second-order valence-electron chi connectivity index (χ2n) is 6.80. The zero-order chi connectivity index (χ0) is 19.4. The van der Waals surface area contributed by atoms with Gasteiger partial charge in [0.15, 0.2) is 11.2 Å². The molecular formula is C21H15N3O4. The van der Waals surface area contributed by atoms with E-state index in [2.05, 4.69) is 10.1 Å². The Bertz CT molecular complexity index is 1290. The van der Waals surface area contributed by atoms with Gasteiger partial charge in [-0.15, -0.1) is 0 Å². The number of hydrogen-bond donors (Lipinski definition) is 0. The fraction of sp³-hybridized carbons (Fsp3) is 0.143. The molecule has 5 rings (SSSR count). The number of aryl methyl sites for hydroxylation is 2. The molecule has 0 saturated heterocycles. The molecule has 7 heteroatoms. The quantitative estimate of drug-likeness (QED) is 0.534. The first-order chi connectivity index (χ1) is 13.5. The van der Waals surface area contributed by atoms with Gasteiger partial charge in [0, 0.05) is 12.3 Å². The lowest BCUT2D eigenvalue weighted by molar-refractivity contribution is 0.0969. The van der Waals surface area contributed by atoms with Crippen molar-refractivity contribution in [2.24, 2.45) is 0 Å². The van der Waals surface area contributed by atoms with Gasteiger partial charge in [0.25, 0.3) is 5.91 Å². The van der Waals surface area contributed by atoms with Crippen LogP contribution in [0.15, 0.2) is 62.4 Å². The predicted molar refractivity (Wildman–Crippen MR) is 101 cm³/mol. The van der Waals surface area contributed by atoms with Gasteiger partial charge in [-0.25, -0.2) is 0 Å². The average Bonchev–Trinajstić information content (AvgIpc) is 3.24. The van der Waals surface area contributed by atoms with Crippen LogP contribution in [0, 0.1) is 13.8 Å². The molecule has 0 unspecified atom stereocenters. The third-order valence-electron chi connectivity index (χ3n) is 4.86. The lowest BCUT2D eigenvalue weighted by atomic mass is 10.0. The Morgan fingerprint density at radius 1 is 1.07 bits per heavy atom. The van der Waals surface area contributed by atoms with Crippen molar-refractivity contribution in [3.63, 3.8) is 0 Å². The lowest BCUT2D eigenvalue weighted by Crippen LogP contribution is -2.30. The van der Waals surface area contributed by atoms with Gasteiger partial charge in [-0.2, -0.15) is 0 Å². The van der Waals surface area contributed by atoms with E-state index < -0.39 is 11.9 Å². The number of carbonyl (C=O) groups is 1. The topological polar surface area (TPSA) is 89.4 Å². The molecule has 0 fully saturated rings. The van der Waals surface area contributed by atoms with Crippen molar-refractivity contribution in [1.82, 2.24) is 10.1 Å². The first-order valence-corrected chi connectivity index (χ1v) is 8.80. The van der Waals surface area contributed by atoms with Crippen LogP contribution in [0.3, 0.4) is 0 Å². The van der Waals surface area contributed by atoms with E-state index in [-0.39, 0.29) is 16.8 Å². The number of carbonyl (C=O) groups excluding carboxylic acids is 1. The van der Waals surface area contributed by atoms with Crippen LogP contribution in [-0.4, -0.2) is 16.0 Å². The molecule has 0 bridgehead atoms. The van der Waals surface area contributed by atoms with Gasteiger partial charge in [0.05, 0.1) is 16.6 Å². The molecule has 0 radical (unpaired) electrons. The summed E-state index contributed by atoms with van der Waals surface area (Å²) >= 11 is 0. The maximum Gasteiger partial charge on any atom is 0.296 e. The number of amides is 1. The second kappa shape index (κ2) is 5.88. The van der Waals surface area contributed by atoms with E-state index >= 15 is 0 Å². The highest BCUT2D eigenvalue weighted by Gasteiger charge is 2.45. The molecule has 7 nitrogen and oxygen atoms in total. The molecule has 28 heavy (non-hydrogen) atoms. The molecule has 1 aliphatic heterocycles. The summed E-state index contributed by atoms with van der Waals surface area (Å²) in [6, 6.07) is 11.6. The highest BCUT2D eigenvalue weighted by Crippen LogP contribution is 2.40. The maximum absolute atomic E-state index is 13.4. The standard InChI is InChI=1S/C21H15N3O4/c1-11-6-7-15-13(9-11)19(25)17-18(14-5-3-4-8-22-14)24(21(26)20(17)27-15)16-10-12(2)28-23-16/h3-10,18H,1-2H3/t18-/m0/s1. The SMILES string of the molecule is Cc1ccc2oc3c(c(=O)c2c1)[C@H](c1ccccn1)N(c1cc(C)on1)C3=O. The molecule has 1 atom stereocenters. The van der Waals surface area contributed by atoms with Crippen molar-refractivity contribution in [3.05, 3.63) is 87.2 Å². The zero-order valence-corrected chi connectivity index (χ0v) is 15.2. The van der Waals surface area contributed by atoms with Crippen LogP contribution in [0.1, 0.15) is 39.2 Å². The highest BCUT2D eigenvalue weighted by molar-refractivity contribution is 6.10. The van der Waals surface area contributed by atoms with Crippen LogP contribution < -0.4 is 10.3 Å². The number of pyridine rings is 1. The molecule has 4 heterocycles. The first kappa shape index (κ1) is 16.4. The van der Waals surface area contributed by atoms with Crippen LogP contribution in [0.5, 0.6) is 0 Å². The maximum atomic E-state index is 13.4. The van der Waals surface area contributed by atoms with Crippen molar-refractivity contribution < 1.29 is 13.7 Å². The Balaban J connectivity index is 1.84. The minimum absolute atomic E-state index is 0.0117. The van der Waals surface area contributed by atoms with Crippen molar-refractivity contribution >= 4 is 22.7 Å². The monoisotopic (exact) mass is 373 g/mol. The number of nitrogens with zero attached hydrogens (tertiary/aromatic N) is 3. The van der Waals surface area contributed by atoms with Crippen molar-refractivity contribution in [1.29, 1.82) is 0 Å². The van der Waals surface area contributed by atoms with Crippen molar-refractivity contribution in [3.8, 4) is 0 Å². The highest BCUT2D eigenvalue weighted by atomic mass is 16.5. The summed E-state index contributed by atoms with van der Waals surface area (Å²) < 4.78 is 11.0. The van der Waals surface area contributed by atoms with Gasteiger partial charge >= 0.3 is 0 Å². The first-order valence-electron chi connectivity index (χ1n) is 8.80. The Labute approximate surface area is 159 Å². The third kappa shape index (κ3) is 2.29. The Kier molecular flexibility index (Phi) is 3.45. The average molecular weight is 373 g/mol. The number of fused-ring (bicyclic) bond motifs is 2. The third-order valence-corrected chi connectivity index (χ3v) is 4.86. The summed E-state index contributed by atoms with van der Waals surface area (Å²) in [5.74, 6) is 0.430. The lowest BCUT2D eigenvalue weighted by Gasteiger charge is -2.21. The van der Waals surface area contributed by atoms with Gasteiger partial charge in [-0.05, 0) is 38.1 Å². The molecule has 138 valence electrons. The van der Waals surface area contributed by atoms with Crippen LogP contribution >= 0.6 is 0 Å². The minimum atomic E-state index is -0.741. The van der Waals surface area contributed by atoms with Crippen molar-refractivity contribution in [2.45, 2.75) is 19.9 Å². The van der Waals surface area contributed by atoms with E-state index in [9.17, 15) is 9.59 Å². The molecule has 1 aliphatic rings. The zero-order valence-electron chi connectivity index (χ0n) is 15.2. The Morgan fingerprint density at radius 2 is 1.93 bits per heavy atom. The fourth-order valence-electron chi connectivity index (χ4n) is 3.61. The molecule has 3 aromatic heterocycles.